The first-order chi connectivity index (χ1) is 11.7. The molecule has 9 heteroatoms. The highest BCUT2D eigenvalue weighted by Crippen LogP contribution is 2.17. The van der Waals surface area contributed by atoms with Crippen molar-refractivity contribution >= 4 is 47.4 Å². The van der Waals surface area contributed by atoms with E-state index in [4.69, 9.17) is 10.5 Å². The van der Waals surface area contributed by atoms with E-state index >= 15 is 0 Å². The summed E-state index contributed by atoms with van der Waals surface area (Å²) in [5.41, 5.74) is 6.72. The highest BCUT2D eigenvalue weighted by molar-refractivity contribution is 14.0. The molecule has 0 spiro atoms. The van der Waals surface area contributed by atoms with Crippen LogP contribution in [0.2, 0.25) is 0 Å². The summed E-state index contributed by atoms with van der Waals surface area (Å²) < 4.78 is 5.40. The number of rotatable bonds is 3. The summed E-state index contributed by atoms with van der Waals surface area (Å²) in [7, 11) is 0. The Hall–Kier alpha value is -1.10. The third-order valence-electron chi connectivity index (χ3n) is 3.93. The van der Waals surface area contributed by atoms with Gasteiger partial charge < -0.3 is 20.3 Å². The van der Waals surface area contributed by atoms with Crippen molar-refractivity contribution in [2.24, 2.45) is 10.7 Å². The first-order valence-corrected chi connectivity index (χ1v) is 9.43. The molecule has 148 valence electrons. The molecule has 26 heavy (non-hydrogen) atoms. The Morgan fingerprint density at radius 1 is 1.23 bits per heavy atom. The van der Waals surface area contributed by atoms with Gasteiger partial charge in [-0.15, -0.1) is 35.3 Å². The lowest BCUT2D eigenvalue weighted by atomic mass is 10.2. The van der Waals surface area contributed by atoms with Crippen molar-refractivity contribution in [2.75, 3.05) is 32.7 Å². The summed E-state index contributed by atoms with van der Waals surface area (Å²) in [5, 5.41) is 1.10. The number of aryl methyl sites for hydroxylation is 2. The van der Waals surface area contributed by atoms with Crippen molar-refractivity contribution < 1.29 is 9.53 Å². The maximum atomic E-state index is 12.1. The van der Waals surface area contributed by atoms with Crippen LogP contribution in [0, 0.1) is 13.8 Å². The minimum absolute atomic E-state index is 0. The quantitative estimate of drug-likeness (QED) is 0.396. The van der Waals surface area contributed by atoms with Crippen molar-refractivity contribution in [2.45, 2.75) is 46.6 Å². The van der Waals surface area contributed by atoms with Crippen molar-refractivity contribution in [3.8, 4) is 0 Å². The molecule has 0 radical (unpaired) electrons. The van der Waals surface area contributed by atoms with E-state index in [0.29, 0.717) is 38.7 Å². The van der Waals surface area contributed by atoms with Gasteiger partial charge in [-0.2, -0.15) is 0 Å². The van der Waals surface area contributed by atoms with Crippen LogP contribution in [0.3, 0.4) is 0 Å². The average molecular weight is 495 g/mol. The summed E-state index contributed by atoms with van der Waals surface area (Å²) >= 11 is 1.72. The van der Waals surface area contributed by atoms with Crippen LogP contribution >= 0.6 is 35.3 Å². The zero-order chi connectivity index (χ0) is 18.6. The van der Waals surface area contributed by atoms with Crippen molar-refractivity contribution in [3.05, 3.63) is 15.6 Å². The Morgan fingerprint density at radius 2 is 1.81 bits per heavy atom. The lowest BCUT2D eigenvalue weighted by Crippen LogP contribution is -2.53. The molecule has 0 saturated carbocycles. The maximum absolute atomic E-state index is 12.1. The predicted molar refractivity (Wildman–Crippen MR) is 117 cm³/mol. The van der Waals surface area contributed by atoms with E-state index in [1.807, 2.05) is 32.6 Å². The summed E-state index contributed by atoms with van der Waals surface area (Å²) in [4.78, 5) is 26.0. The number of hydrogen-bond donors (Lipinski definition) is 1. The van der Waals surface area contributed by atoms with E-state index in [-0.39, 0.29) is 30.1 Å². The van der Waals surface area contributed by atoms with Gasteiger partial charge in [-0.05, 0) is 34.6 Å². The highest BCUT2D eigenvalue weighted by atomic mass is 127. The average Bonchev–Trinajstić information content (AvgIpc) is 2.84. The van der Waals surface area contributed by atoms with Crippen molar-refractivity contribution in [3.63, 3.8) is 0 Å². The SMILES string of the molecule is Cc1nc(CCN=C(N)N2CCN(C(=O)OC(C)(C)C)CC2)sc1C.I. The molecule has 2 rings (SSSR count). The minimum Gasteiger partial charge on any atom is -0.444 e. The Bertz CT molecular complexity index is 614. The molecule has 0 bridgehead atoms. The molecular formula is C17H30IN5O2S. The monoisotopic (exact) mass is 495 g/mol. The van der Waals surface area contributed by atoms with Gasteiger partial charge in [0.25, 0.3) is 0 Å². The van der Waals surface area contributed by atoms with E-state index in [0.717, 1.165) is 17.1 Å². The molecule has 2 N–H and O–H groups in total. The van der Waals surface area contributed by atoms with E-state index < -0.39 is 5.60 Å². The van der Waals surface area contributed by atoms with Crippen LogP contribution in [0.4, 0.5) is 4.79 Å². The fraction of sp³-hybridized carbons (Fsp3) is 0.706. The molecule has 0 unspecified atom stereocenters. The highest BCUT2D eigenvalue weighted by Gasteiger charge is 2.26. The van der Waals surface area contributed by atoms with Gasteiger partial charge >= 0.3 is 6.09 Å². The van der Waals surface area contributed by atoms with E-state index in [1.165, 1.54) is 4.88 Å². The van der Waals surface area contributed by atoms with Gasteiger partial charge in [0.05, 0.1) is 10.7 Å². The molecule has 1 amide bonds. The molecule has 0 atom stereocenters. The number of hydrogen-bond acceptors (Lipinski definition) is 5. The van der Waals surface area contributed by atoms with Crippen LogP contribution in [-0.2, 0) is 11.2 Å². The fourth-order valence-corrected chi connectivity index (χ4v) is 3.38. The normalized spacial score (nSPS) is 15.7. The molecule has 1 fully saturated rings. The first kappa shape index (κ1) is 22.9. The summed E-state index contributed by atoms with van der Waals surface area (Å²) in [6.07, 6.45) is 0.537. The molecule has 0 aliphatic carbocycles. The van der Waals surface area contributed by atoms with Crippen LogP contribution in [0.1, 0.15) is 36.3 Å². The van der Waals surface area contributed by atoms with Gasteiger partial charge in [0, 0.05) is 44.0 Å². The number of halogens is 1. The first-order valence-electron chi connectivity index (χ1n) is 8.61. The Morgan fingerprint density at radius 3 is 2.31 bits per heavy atom. The second kappa shape index (κ2) is 9.72. The van der Waals surface area contributed by atoms with Gasteiger partial charge in [0.2, 0.25) is 0 Å². The minimum atomic E-state index is -0.471. The van der Waals surface area contributed by atoms with Crippen molar-refractivity contribution in [1.82, 2.24) is 14.8 Å². The summed E-state index contributed by atoms with van der Waals surface area (Å²) in [6, 6.07) is 0. The van der Waals surface area contributed by atoms with Crippen LogP contribution in [0.5, 0.6) is 0 Å². The molecule has 2 heterocycles. The molecule has 1 saturated heterocycles. The number of aliphatic imine (C=N–C) groups is 1. The summed E-state index contributed by atoms with van der Waals surface area (Å²) in [5.74, 6) is 0.536. The lowest BCUT2D eigenvalue weighted by molar-refractivity contribution is 0.0186. The number of guanidine groups is 1. The largest absolute Gasteiger partial charge is 0.444 e. The fourth-order valence-electron chi connectivity index (χ4n) is 2.46. The van der Waals surface area contributed by atoms with Gasteiger partial charge in [0.15, 0.2) is 5.96 Å². The van der Waals surface area contributed by atoms with E-state index in [9.17, 15) is 4.79 Å². The van der Waals surface area contributed by atoms with E-state index in [2.05, 4.69) is 16.9 Å². The number of piperazine rings is 1. The Labute approximate surface area is 177 Å². The number of aromatic nitrogens is 1. The van der Waals surface area contributed by atoms with Crippen LogP contribution in [-0.4, -0.2) is 65.2 Å². The molecule has 7 nitrogen and oxygen atoms in total. The molecule has 1 aromatic rings. The van der Waals surface area contributed by atoms with Gasteiger partial charge in [-0.25, -0.2) is 9.78 Å². The number of ether oxygens (including phenoxy) is 1. The zero-order valence-corrected chi connectivity index (χ0v) is 19.4. The Kier molecular flexibility index (Phi) is 8.58. The molecular weight excluding hydrogens is 465 g/mol. The smallest absolute Gasteiger partial charge is 0.410 e. The van der Waals surface area contributed by atoms with Crippen LogP contribution in [0.15, 0.2) is 4.99 Å². The van der Waals surface area contributed by atoms with Gasteiger partial charge in [0.1, 0.15) is 5.60 Å². The maximum Gasteiger partial charge on any atom is 0.410 e. The number of nitrogens with zero attached hydrogens (tertiary/aromatic N) is 4. The number of thiazole rings is 1. The van der Waals surface area contributed by atoms with Crippen LogP contribution < -0.4 is 5.73 Å². The van der Waals surface area contributed by atoms with Gasteiger partial charge in [-0.1, -0.05) is 0 Å². The number of carbonyl (C=O) groups is 1. The standard InChI is InChI=1S/C17H29N5O2S.HI/c1-12-13(2)25-14(20-12)6-7-19-15(18)21-8-10-22(11-9-21)16(23)24-17(3,4)5;/h6-11H2,1-5H3,(H2,18,19);1H. The summed E-state index contributed by atoms with van der Waals surface area (Å²) in [6.45, 7) is 12.9. The second-order valence-electron chi connectivity index (χ2n) is 7.19. The Balaban J connectivity index is 0.00000338. The molecule has 1 aromatic heterocycles. The number of amides is 1. The third kappa shape index (κ3) is 6.90. The number of carbonyl (C=O) groups excluding carboxylic acids is 1. The molecule has 0 aromatic carbocycles. The predicted octanol–water partition coefficient (Wildman–Crippen LogP) is 2.79. The van der Waals surface area contributed by atoms with E-state index in [1.54, 1.807) is 16.2 Å². The topological polar surface area (TPSA) is 84.0 Å². The third-order valence-corrected chi connectivity index (χ3v) is 5.06. The second-order valence-corrected chi connectivity index (χ2v) is 8.48. The van der Waals surface area contributed by atoms with Crippen LogP contribution in [0.25, 0.3) is 0 Å². The lowest BCUT2D eigenvalue weighted by Gasteiger charge is -2.36. The molecule has 1 aliphatic rings. The zero-order valence-electron chi connectivity index (χ0n) is 16.2. The number of nitrogens with two attached hydrogens (primary N) is 1. The molecule has 1 aliphatic heterocycles. The van der Waals surface area contributed by atoms with Gasteiger partial charge in [-0.3, -0.25) is 4.99 Å². The van der Waals surface area contributed by atoms with Crippen molar-refractivity contribution in [1.29, 1.82) is 0 Å².